The van der Waals surface area contributed by atoms with Crippen molar-refractivity contribution in [1.29, 1.82) is 0 Å². The molecule has 3 heterocycles. The van der Waals surface area contributed by atoms with Crippen LogP contribution in [0.15, 0.2) is 42.9 Å². The smallest absolute Gasteiger partial charge is 0.254 e. The SMILES string of the molecule is CCNC(=O)[C@@H]1CCCN1CCCNC(=O)c1cnccc1Nc1nc(-c2cc(Cl)ccc2F)ncc1OC. The summed E-state index contributed by atoms with van der Waals surface area (Å²) >= 11 is 6.04. The van der Waals surface area contributed by atoms with Crippen LogP contribution in [0.3, 0.4) is 0 Å². The average Bonchev–Trinajstić information content (AvgIpc) is 3.41. The fraction of sp³-hybridized carbons (Fsp3) is 0.370. The molecule has 1 aliphatic rings. The van der Waals surface area contributed by atoms with Gasteiger partial charge < -0.3 is 20.7 Å². The van der Waals surface area contributed by atoms with E-state index in [1.165, 1.54) is 37.7 Å². The molecular formula is C27H31ClFN7O3. The van der Waals surface area contributed by atoms with Crippen molar-refractivity contribution < 1.29 is 18.7 Å². The second-order valence-corrected chi connectivity index (χ2v) is 9.42. The molecule has 1 atom stereocenters. The number of methoxy groups -OCH3 is 1. The Bertz CT molecular complexity index is 1330. The summed E-state index contributed by atoms with van der Waals surface area (Å²) < 4.78 is 19.8. The van der Waals surface area contributed by atoms with E-state index in [0.29, 0.717) is 48.1 Å². The first-order valence-corrected chi connectivity index (χ1v) is 13.2. The Labute approximate surface area is 231 Å². The fourth-order valence-electron chi connectivity index (χ4n) is 4.48. The summed E-state index contributed by atoms with van der Waals surface area (Å²) in [5, 5.41) is 9.26. The van der Waals surface area contributed by atoms with E-state index in [2.05, 4.69) is 35.8 Å². The van der Waals surface area contributed by atoms with E-state index in [0.717, 1.165) is 19.4 Å². The number of nitrogens with one attached hydrogen (secondary N) is 3. The molecule has 0 spiro atoms. The lowest BCUT2D eigenvalue weighted by molar-refractivity contribution is -0.125. The van der Waals surface area contributed by atoms with Crippen LogP contribution in [0.25, 0.3) is 11.4 Å². The number of carbonyl (C=O) groups excluding carboxylic acids is 2. The zero-order chi connectivity index (χ0) is 27.8. The van der Waals surface area contributed by atoms with Gasteiger partial charge in [0.1, 0.15) is 5.82 Å². The monoisotopic (exact) mass is 555 g/mol. The number of likely N-dealkylation sites (N-methyl/N-ethyl adjacent to an activating group) is 1. The first-order chi connectivity index (χ1) is 18.9. The Morgan fingerprint density at radius 1 is 1.23 bits per heavy atom. The van der Waals surface area contributed by atoms with E-state index in [-0.39, 0.29) is 35.1 Å². The number of halogens is 2. The zero-order valence-corrected chi connectivity index (χ0v) is 22.6. The van der Waals surface area contributed by atoms with Gasteiger partial charge >= 0.3 is 0 Å². The molecule has 2 amide bonds. The van der Waals surface area contributed by atoms with Crippen molar-refractivity contribution in [3.05, 3.63) is 59.3 Å². The third-order valence-corrected chi connectivity index (χ3v) is 6.62. The summed E-state index contributed by atoms with van der Waals surface area (Å²) in [5.74, 6) is -0.130. The van der Waals surface area contributed by atoms with E-state index in [9.17, 15) is 14.0 Å². The van der Waals surface area contributed by atoms with Crippen LogP contribution in [0.4, 0.5) is 15.9 Å². The summed E-state index contributed by atoms with van der Waals surface area (Å²) in [5.41, 5.74) is 0.871. The second kappa shape index (κ2) is 13.3. The summed E-state index contributed by atoms with van der Waals surface area (Å²) in [4.78, 5) is 40.2. The first-order valence-electron chi connectivity index (χ1n) is 12.8. The predicted octanol–water partition coefficient (Wildman–Crippen LogP) is 3.80. The van der Waals surface area contributed by atoms with Gasteiger partial charge in [-0.2, -0.15) is 0 Å². The molecule has 0 radical (unpaired) electrons. The highest BCUT2D eigenvalue weighted by atomic mass is 35.5. The summed E-state index contributed by atoms with van der Waals surface area (Å²) in [6.07, 6.45) is 6.93. The predicted molar refractivity (Wildman–Crippen MR) is 147 cm³/mol. The average molecular weight is 556 g/mol. The molecule has 0 saturated carbocycles. The third kappa shape index (κ3) is 6.98. The molecule has 1 fully saturated rings. The lowest BCUT2D eigenvalue weighted by Gasteiger charge is -2.23. The molecule has 3 N–H and O–H groups in total. The molecule has 4 rings (SSSR count). The molecule has 0 unspecified atom stereocenters. The summed E-state index contributed by atoms with van der Waals surface area (Å²) in [6.45, 7) is 4.53. The minimum absolute atomic E-state index is 0.0616. The Balaban J connectivity index is 1.43. The fourth-order valence-corrected chi connectivity index (χ4v) is 4.65. The highest BCUT2D eigenvalue weighted by Gasteiger charge is 2.29. The van der Waals surface area contributed by atoms with Crippen molar-refractivity contribution >= 4 is 34.9 Å². The number of anilines is 2. The number of amides is 2. The van der Waals surface area contributed by atoms with Crippen LogP contribution < -0.4 is 20.7 Å². The maximum atomic E-state index is 14.4. The number of pyridine rings is 1. The number of ether oxygens (including phenoxy) is 1. The highest BCUT2D eigenvalue weighted by molar-refractivity contribution is 6.30. The van der Waals surface area contributed by atoms with Crippen LogP contribution in [-0.4, -0.2) is 71.0 Å². The van der Waals surface area contributed by atoms with Crippen molar-refractivity contribution in [3.8, 4) is 17.1 Å². The summed E-state index contributed by atoms with van der Waals surface area (Å²) in [6, 6.07) is 5.65. The molecule has 10 nitrogen and oxygen atoms in total. The lowest BCUT2D eigenvalue weighted by Crippen LogP contribution is -2.44. The zero-order valence-electron chi connectivity index (χ0n) is 21.8. The number of carbonyl (C=O) groups is 2. The van der Waals surface area contributed by atoms with E-state index in [4.69, 9.17) is 16.3 Å². The molecule has 1 saturated heterocycles. The lowest BCUT2D eigenvalue weighted by atomic mass is 10.2. The number of likely N-dealkylation sites (tertiary alicyclic amines) is 1. The number of hydrogen-bond acceptors (Lipinski definition) is 8. The van der Waals surface area contributed by atoms with E-state index in [1.807, 2.05) is 6.92 Å². The van der Waals surface area contributed by atoms with E-state index < -0.39 is 5.82 Å². The van der Waals surface area contributed by atoms with Crippen molar-refractivity contribution in [2.24, 2.45) is 0 Å². The van der Waals surface area contributed by atoms with Crippen molar-refractivity contribution in [3.63, 3.8) is 0 Å². The Kier molecular flexibility index (Phi) is 9.61. The minimum Gasteiger partial charge on any atom is -0.491 e. The van der Waals surface area contributed by atoms with Crippen molar-refractivity contribution in [2.45, 2.75) is 32.2 Å². The molecule has 3 aromatic rings. The molecule has 12 heteroatoms. The number of benzene rings is 1. The third-order valence-electron chi connectivity index (χ3n) is 6.39. The maximum Gasteiger partial charge on any atom is 0.254 e. The van der Waals surface area contributed by atoms with Crippen LogP contribution in [0.2, 0.25) is 5.02 Å². The van der Waals surface area contributed by atoms with Gasteiger partial charge in [-0.25, -0.2) is 14.4 Å². The first kappa shape index (κ1) is 28.2. The topological polar surface area (TPSA) is 121 Å². The molecular weight excluding hydrogens is 525 g/mol. The van der Waals surface area contributed by atoms with Crippen molar-refractivity contribution in [1.82, 2.24) is 30.5 Å². The molecule has 206 valence electrons. The number of rotatable bonds is 11. The number of hydrogen-bond donors (Lipinski definition) is 3. The van der Waals surface area contributed by atoms with Gasteiger partial charge in [0, 0.05) is 37.1 Å². The standard InChI is InChI=1S/C27H31ClFN7O3/c1-3-31-27(38)22-6-4-12-36(22)13-5-10-32-26(37)19-15-30-11-9-21(19)34-25-23(39-2)16-33-24(35-25)18-14-17(28)7-8-20(18)29/h7-9,11,14-16,22H,3-6,10,12-13H2,1-2H3,(H,31,38)(H,32,37)(H,30,33,34,35)/t22-/m0/s1. The van der Waals surface area contributed by atoms with Gasteiger partial charge in [0.05, 0.1) is 36.2 Å². The molecule has 2 aromatic heterocycles. The molecule has 39 heavy (non-hydrogen) atoms. The van der Waals surface area contributed by atoms with Crippen LogP contribution in [-0.2, 0) is 4.79 Å². The second-order valence-electron chi connectivity index (χ2n) is 8.98. The Morgan fingerprint density at radius 3 is 2.87 bits per heavy atom. The maximum absolute atomic E-state index is 14.4. The van der Waals surface area contributed by atoms with E-state index in [1.54, 1.807) is 12.3 Å². The Hall–Kier alpha value is -3.83. The van der Waals surface area contributed by atoms with Gasteiger partial charge in [-0.15, -0.1) is 0 Å². The molecule has 1 aliphatic heterocycles. The van der Waals surface area contributed by atoms with Crippen LogP contribution in [0.1, 0.15) is 36.5 Å². The van der Waals surface area contributed by atoms with Gasteiger partial charge in [-0.3, -0.25) is 19.5 Å². The molecule has 1 aromatic carbocycles. The number of aromatic nitrogens is 3. The molecule has 0 aliphatic carbocycles. The van der Waals surface area contributed by atoms with Crippen LogP contribution in [0, 0.1) is 5.82 Å². The highest BCUT2D eigenvalue weighted by Crippen LogP contribution is 2.30. The van der Waals surface area contributed by atoms with Crippen LogP contribution in [0.5, 0.6) is 5.75 Å². The quantitative estimate of drug-likeness (QED) is 0.305. The van der Waals surface area contributed by atoms with Crippen molar-refractivity contribution in [2.75, 3.05) is 38.6 Å². The van der Waals surface area contributed by atoms with Gasteiger partial charge in [-0.05, 0) is 57.0 Å². The van der Waals surface area contributed by atoms with Gasteiger partial charge in [0.15, 0.2) is 17.4 Å². The van der Waals surface area contributed by atoms with Crippen LogP contribution >= 0.6 is 11.6 Å². The normalized spacial score (nSPS) is 15.1. The van der Waals surface area contributed by atoms with Gasteiger partial charge in [0.2, 0.25) is 5.91 Å². The van der Waals surface area contributed by atoms with E-state index >= 15 is 0 Å². The number of nitrogens with zero attached hydrogens (tertiary/aromatic N) is 4. The molecule has 0 bridgehead atoms. The summed E-state index contributed by atoms with van der Waals surface area (Å²) in [7, 11) is 1.46. The Morgan fingerprint density at radius 2 is 2.08 bits per heavy atom. The van der Waals surface area contributed by atoms with Gasteiger partial charge in [-0.1, -0.05) is 11.6 Å². The van der Waals surface area contributed by atoms with Gasteiger partial charge in [0.25, 0.3) is 5.91 Å². The minimum atomic E-state index is -0.522. The largest absolute Gasteiger partial charge is 0.491 e.